The number of ether oxygens (including phenoxy) is 1. The van der Waals surface area contributed by atoms with Crippen molar-refractivity contribution in [1.82, 2.24) is 10.3 Å². The van der Waals surface area contributed by atoms with Crippen LogP contribution in [0.15, 0.2) is 48.5 Å². The largest absolute Gasteiger partial charge is 0.374 e. The molecule has 1 heterocycles. The lowest BCUT2D eigenvalue weighted by Crippen LogP contribution is -2.48. The van der Waals surface area contributed by atoms with Crippen molar-refractivity contribution in [3.8, 4) is 0 Å². The van der Waals surface area contributed by atoms with Crippen LogP contribution in [0.5, 0.6) is 0 Å². The number of anilines is 1. The first kappa shape index (κ1) is 19.2. The molecule has 3 amide bonds. The average Bonchev–Trinajstić information content (AvgIpc) is 2.70. The van der Waals surface area contributed by atoms with Crippen LogP contribution in [0, 0.1) is 0 Å². The van der Waals surface area contributed by atoms with Crippen molar-refractivity contribution in [2.45, 2.75) is 12.5 Å². The summed E-state index contributed by atoms with van der Waals surface area (Å²) in [5.41, 5.74) is 4.06. The van der Waals surface area contributed by atoms with Gasteiger partial charge >= 0.3 is 6.03 Å². The maximum absolute atomic E-state index is 12.5. The normalized spacial score (nSPS) is 16.7. The lowest BCUT2D eigenvalue weighted by atomic mass is 10.0. The molecule has 1 atom stereocenters. The van der Waals surface area contributed by atoms with Crippen LogP contribution in [0.2, 0.25) is 5.02 Å². The summed E-state index contributed by atoms with van der Waals surface area (Å²) >= 11 is 6.29. The van der Waals surface area contributed by atoms with Gasteiger partial charge in [-0.2, -0.15) is 0 Å². The van der Waals surface area contributed by atoms with Crippen molar-refractivity contribution in [1.29, 1.82) is 0 Å². The number of hydrazine groups is 1. The molecule has 1 fully saturated rings. The highest BCUT2D eigenvalue weighted by molar-refractivity contribution is 6.31. The topological polar surface area (TPSA) is 96.7 Å². The van der Waals surface area contributed by atoms with E-state index in [1.54, 1.807) is 23.1 Å². The molecule has 1 aliphatic heterocycles. The number of carbonyl (C=O) groups is 2. The molecule has 2 aromatic carbocycles. The van der Waals surface area contributed by atoms with Crippen LogP contribution >= 0.6 is 11.6 Å². The Bertz CT molecular complexity index is 816. The molecule has 1 unspecified atom stereocenters. The molecule has 0 saturated carbocycles. The molecule has 2 aromatic rings. The second-order valence-electron chi connectivity index (χ2n) is 6.22. The van der Waals surface area contributed by atoms with Crippen LogP contribution in [0.25, 0.3) is 0 Å². The highest BCUT2D eigenvalue weighted by Gasteiger charge is 2.25. The summed E-state index contributed by atoms with van der Waals surface area (Å²) in [6.07, 6.45) is 0.366. The number of para-hydroxylation sites is 1. The van der Waals surface area contributed by atoms with Gasteiger partial charge in [-0.3, -0.25) is 10.2 Å². The molecule has 1 saturated heterocycles. The van der Waals surface area contributed by atoms with Crippen molar-refractivity contribution in [3.05, 3.63) is 64.7 Å². The monoisotopic (exact) mass is 388 g/mol. The molecule has 8 heteroatoms. The Hall–Kier alpha value is -2.61. The van der Waals surface area contributed by atoms with Crippen molar-refractivity contribution >= 4 is 29.2 Å². The first-order chi connectivity index (χ1) is 13.1. The van der Waals surface area contributed by atoms with Gasteiger partial charge in [0.2, 0.25) is 0 Å². The molecule has 0 aromatic heterocycles. The SMILES string of the molecule is NNC(=O)c1ccc(CC2CN(C(=O)Nc3ccccc3)CCO2)c(Cl)c1. The molecule has 0 radical (unpaired) electrons. The molecule has 7 nitrogen and oxygen atoms in total. The summed E-state index contributed by atoms with van der Waals surface area (Å²) in [5.74, 6) is 4.73. The second-order valence-corrected chi connectivity index (χ2v) is 6.63. The second kappa shape index (κ2) is 8.85. The van der Waals surface area contributed by atoms with Gasteiger partial charge < -0.3 is 15.0 Å². The quantitative estimate of drug-likeness (QED) is 0.425. The number of amides is 3. The van der Waals surface area contributed by atoms with E-state index in [1.165, 1.54) is 0 Å². The molecule has 0 spiro atoms. The number of halogens is 1. The lowest BCUT2D eigenvalue weighted by molar-refractivity contribution is -0.0113. The first-order valence-corrected chi connectivity index (χ1v) is 8.96. The van der Waals surface area contributed by atoms with E-state index in [0.29, 0.717) is 36.7 Å². The molecular weight excluding hydrogens is 368 g/mol. The third kappa shape index (κ3) is 4.97. The highest BCUT2D eigenvalue weighted by Crippen LogP contribution is 2.22. The number of benzene rings is 2. The fraction of sp³-hybridized carbons (Fsp3) is 0.263. The van der Waals surface area contributed by atoms with E-state index in [4.69, 9.17) is 22.2 Å². The van der Waals surface area contributed by atoms with Gasteiger partial charge in [0.25, 0.3) is 5.91 Å². The number of carbonyl (C=O) groups excluding carboxylic acids is 2. The number of nitrogens with zero attached hydrogens (tertiary/aromatic N) is 1. The van der Waals surface area contributed by atoms with Gasteiger partial charge in [-0.05, 0) is 29.8 Å². The maximum Gasteiger partial charge on any atom is 0.322 e. The fourth-order valence-corrected chi connectivity index (χ4v) is 3.19. The minimum atomic E-state index is -0.402. The van der Waals surface area contributed by atoms with Crippen molar-refractivity contribution in [2.75, 3.05) is 25.0 Å². The number of nitrogen functional groups attached to an aromatic ring is 1. The number of nitrogens with one attached hydrogen (secondary N) is 2. The van der Waals surface area contributed by atoms with Crippen LogP contribution in [-0.4, -0.2) is 42.6 Å². The molecule has 0 aliphatic carbocycles. The number of hydrogen-bond donors (Lipinski definition) is 3. The molecule has 0 bridgehead atoms. The number of urea groups is 1. The van der Waals surface area contributed by atoms with Crippen molar-refractivity contribution in [2.24, 2.45) is 5.84 Å². The van der Waals surface area contributed by atoms with Gasteiger partial charge in [0, 0.05) is 35.8 Å². The zero-order chi connectivity index (χ0) is 19.2. The fourth-order valence-electron chi connectivity index (χ4n) is 2.93. The zero-order valence-corrected chi connectivity index (χ0v) is 15.4. The number of hydrogen-bond acceptors (Lipinski definition) is 4. The van der Waals surface area contributed by atoms with Crippen LogP contribution in [0.3, 0.4) is 0 Å². The minimum absolute atomic E-state index is 0.157. The lowest BCUT2D eigenvalue weighted by Gasteiger charge is -2.33. The number of morpholine rings is 1. The van der Waals surface area contributed by atoms with Gasteiger partial charge in [0.05, 0.1) is 12.7 Å². The van der Waals surface area contributed by atoms with Crippen LogP contribution in [-0.2, 0) is 11.2 Å². The minimum Gasteiger partial charge on any atom is -0.374 e. The van der Waals surface area contributed by atoms with Crippen molar-refractivity contribution in [3.63, 3.8) is 0 Å². The predicted octanol–water partition coefficient (Wildman–Crippen LogP) is 2.42. The zero-order valence-electron chi connectivity index (χ0n) is 14.7. The first-order valence-electron chi connectivity index (χ1n) is 8.59. The average molecular weight is 389 g/mol. The molecular formula is C19H21ClN4O3. The van der Waals surface area contributed by atoms with Crippen molar-refractivity contribution < 1.29 is 14.3 Å². The van der Waals surface area contributed by atoms with Gasteiger partial charge in [0.15, 0.2) is 0 Å². The van der Waals surface area contributed by atoms with E-state index in [2.05, 4.69) is 10.7 Å². The molecule has 27 heavy (non-hydrogen) atoms. The van der Waals surface area contributed by atoms with Gasteiger partial charge in [-0.15, -0.1) is 0 Å². The summed E-state index contributed by atoms with van der Waals surface area (Å²) in [5, 5.41) is 3.35. The van der Waals surface area contributed by atoms with Crippen LogP contribution in [0.4, 0.5) is 10.5 Å². The van der Waals surface area contributed by atoms with Gasteiger partial charge in [0.1, 0.15) is 0 Å². The maximum atomic E-state index is 12.5. The summed E-state index contributed by atoms with van der Waals surface area (Å²) in [4.78, 5) is 25.8. The highest BCUT2D eigenvalue weighted by atomic mass is 35.5. The van der Waals surface area contributed by atoms with E-state index in [1.807, 2.05) is 30.3 Å². The molecule has 3 rings (SSSR count). The standard InChI is InChI=1S/C19H21ClN4O3/c20-17-11-14(18(25)23-21)7-6-13(17)10-16-12-24(8-9-27-16)19(26)22-15-4-2-1-3-5-15/h1-7,11,16H,8-10,12,21H2,(H,22,26)(H,23,25). The van der Waals surface area contributed by atoms with E-state index in [9.17, 15) is 9.59 Å². The smallest absolute Gasteiger partial charge is 0.322 e. The third-order valence-corrected chi connectivity index (χ3v) is 4.70. The van der Waals surface area contributed by atoms with Gasteiger partial charge in [-0.1, -0.05) is 35.9 Å². The summed E-state index contributed by atoms with van der Waals surface area (Å²) < 4.78 is 5.79. The third-order valence-electron chi connectivity index (χ3n) is 4.34. The molecule has 1 aliphatic rings. The summed E-state index contributed by atoms with van der Waals surface area (Å²) in [6, 6.07) is 14.2. The Labute approximate surface area is 162 Å². The Morgan fingerprint density at radius 1 is 1.22 bits per heavy atom. The Morgan fingerprint density at radius 2 is 2.00 bits per heavy atom. The summed E-state index contributed by atoms with van der Waals surface area (Å²) in [7, 11) is 0. The Kier molecular flexibility index (Phi) is 6.28. The number of rotatable bonds is 4. The van der Waals surface area contributed by atoms with E-state index in [0.717, 1.165) is 11.3 Å². The van der Waals surface area contributed by atoms with E-state index in [-0.39, 0.29) is 12.1 Å². The van der Waals surface area contributed by atoms with E-state index >= 15 is 0 Å². The number of nitrogens with two attached hydrogens (primary N) is 1. The van der Waals surface area contributed by atoms with Crippen LogP contribution in [0.1, 0.15) is 15.9 Å². The Morgan fingerprint density at radius 3 is 2.70 bits per heavy atom. The van der Waals surface area contributed by atoms with Gasteiger partial charge in [-0.25, -0.2) is 10.6 Å². The van der Waals surface area contributed by atoms with E-state index < -0.39 is 5.91 Å². The molecule has 142 valence electrons. The summed E-state index contributed by atoms with van der Waals surface area (Å²) in [6.45, 7) is 1.44. The molecule has 4 N–H and O–H groups in total. The van der Waals surface area contributed by atoms with Crippen LogP contribution < -0.4 is 16.6 Å². The predicted molar refractivity (Wildman–Crippen MR) is 104 cm³/mol. The Balaban J connectivity index is 1.61.